The summed E-state index contributed by atoms with van der Waals surface area (Å²) in [6, 6.07) is 12.0. The van der Waals surface area contributed by atoms with E-state index in [1.165, 1.54) is 40.7 Å². The van der Waals surface area contributed by atoms with Gasteiger partial charge in [0.25, 0.3) is 0 Å². The van der Waals surface area contributed by atoms with Crippen LogP contribution in [0.2, 0.25) is 5.02 Å². The zero-order chi connectivity index (χ0) is 19.4. The Morgan fingerprint density at radius 3 is 1.85 bits per heavy atom. The van der Waals surface area contributed by atoms with Crippen LogP contribution in [0.15, 0.2) is 58.3 Å². The van der Waals surface area contributed by atoms with Gasteiger partial charge < -0.3 is 0 Å². The van der Waals surface area contributed by atoms with E-state index in [0.717, 1.165) is 0 Å². The van der Waals surface area contributed by atoms with Crippen LogP contribution >= 0.6 is 11.6 Å². The van der Waals surface area contributed by atoms with Crippen LogP contribution in [0.25, 0.3) is 0 Å². The molecule has 0 heterocycles. The zero-order valence-electron chi connectivity index (χ0n) is 14.5. The van der Waals surface area contributed by atoms with E-state index >= 15 is 0 Å². The molecule has 0 fully saturated rings. The van der Waals surface area contributed by atoms with Gasteiger partial charge in [-0.15, -0.1) is 0 Å². The third-order valence-electron chi connectivity index (χ3n) is 3.86. The van der Waals surface area contributed by atoms with Crippen LogP contribution in [0.3, 0.4) is 0 Å². The lowest BCUT2D eigenvalue weighted by Crippen LogP contribution is -2.30. The van der Waals surface area contributed by atoms with Crippen LogP contribution in [0.1, 0.15) is 19.4 Å². The maximum atomic E-state index is 12.4. The average Bonchev–Trinajstić information content (AvgIpc) is 2.61. The Hall–Kier alpha value is -1.45. The van der Waals surface area contributed by atoms with Crippen molar-refractivity contribution < 1.29 is 16.8 Å². The van der Waals surface area contributed by atoms with Crippen LogP contribution in [-0.4, -0.2) is 34.2 Å². The van der Waals surface area contributed by atoms with Gasteiger partial charge in [0.1, 0.15) is 0 Å². The first kappa shape index (κ1) is 20.9. The summed E-state index contributed by atoms with van der Waals surface area (Å²) in [5.74, 6) is 0. The molecule has 0 aromatic heterocycles. The van der Waals surface area contributed by atoms with Crippen molar-refractivity contribution in [3.63, 3.8) is 0 Å². The standard InChI is InChI=1S/C17H21ClN2O4S2/c1-3-20(4-2)26(23,24)17-9-5-14(6-10-17)13-19-25(21,22)16-11-7-15(18)8-12-16/h5-12,19H,3-4,13H2,1-2H3. The summed E-state index contributed by atoms with van der Waals surface area (Å²) >= 11 is 5.76. The summed E-state index contributed by atoms with van der Waals surface area (Å²) in [6.07, 6.45) is 0. The predicted octanol–water partition coefficient (Wildman–Crippen LogP) is 2.85. The molecule has 0 atom stereocenters. The minimum Gasteiger partial charge on any atom is -0.207 e. The van der Waals surface area contributed by atoms with E-state index in [0.29, 0.717) is 23.7 Å². The van der Waals surface area contributed by atoms with Crippen molar-refractivity contribution in [1.29, 1.82) is 0 Å². The normalized spacial score (nSPS) is 12.5. The molecule has 142 valence electrons. The largest absolute Gasteiger partial charge is 0.243 e. The summed E-state index contributed by atoms with van der Waals surface area (Å²) in [7, 11) is -7.20. The maximum absolute atomic E-state index is 12.4. The highest BCUT2D eigenvalue weighted by atomic mass is 35.5. The van der Waals surface area contributed by atoms with Crippen molar-refractivity contribution in [2.45, 2.75) is 30.2 Å². The molecule has 0 saturated heterocycles. The number of halogens is 1. The van der Waals surface area contributed by atoms with Gasteiger partial charge in [0.15, 0.2) is 0 Å². The van der Waals surface area contributed by atoms with Gasteiger partial charge in [0.05, 0.1) is 9.79 Å². The first-order valence-corrected chi connectivity index (χ1v) is 11.3. The highest BCUT2D eigenvalue weighted by molar-refractivity contribution is 7.89. The van der Waals surface area contributed by atoms with E-state index in [-0.39, 0.29) is 16.3 Å². The van der Waals surface area contributed by atoms with Crippen molar-refractivity contribution >= 4 is 31.6 Å². The van der Waals surface area contributed by atoms with Crippen LogP contribution in [0.5, 0.6) is 0 Å². The SMILES string of the molecule is CCN(CC)S(=O)(=O)c1ccc(CNS(=O)(=O)c2ccc(Cl)cc2)cc1. The molecule has 0 bridgehead atoms. The molecule has 0 aliphatic rings. The third-order valence-corrected chi connectivity index (χ3v) is 7.59. The topological polar surface area (TPSA) is 83.6 Å². The summed E-state index contributed by atoms with van der Waals surface area (Å²) in [5.41, 5.74) is 0.654. The lowest BCUT2D eigenvalue weighted by Gasteiger charge is -2.18. The molecule has 0 unspecified atom stereocenters. The lowest BCUT2D eigenvalue weighted by molar-refractivity contribution is 0.445. The molecule has 2 aromatic rings. The highest BCUT2D eigenvalue weighted by Gasteiger charge is 2.21. The molecule has 0 saturated carbocycles. The quantitative estimate of drug-likeness (QED) is 0.717. The highest BCUT2D eigenvalue weighted by Crippen LogP contribution is 2.17. The molecule has 2 rings (SSSR count). The minimum atomic E-state index is -3.67. The Labute approximate surface area is 159 Å². The summed E-state index contributed by atoms with van der Waals surface area (Å²) in [4.78, 5) is 0.299. The van der Waals surface area contributed by atoms with E-state index < -0.39 is 20.0 Å². The van der Waals surface area contributed by atoms with Crippen molar-refractivity contribution in [1.82, 2.24) is 9.03 Å². The maximum Gasteiger partial charge on any atom is 0.243 e. The fourth-order valence-corrected chi connectivity index (χ4v) is 4.97. The molecule has 0 aliphatic carbocycles. The Balaban J connectivity index is 2.11. The number of rotatable bonds is 8. The van der Waals surface area contributed by atoms with Crippen LogP contribution in [0.4, 0.5) is 0 Å². The number of nitrogens with zero attached hydrogens (tertiary/aromatic N) is 1. The molecule has 0 amide bonds. The van der Waals surface area contributed by atoms with Gasteiger partial charge in [0.2, 0.25) is 20.0 Å². The van der Waals surface area contributed by atoms with Crippen molar-refractivity contribution in [3.8, 4) is 0 Å². The Bertz CT molecular complexity index is 937. The number of hydrogen-bond acceptors (Lipinski definition) is 4. The van der Waals surface area contributed by atoms with Gasteiger partial charge in [-0.05, 0) is 42.0 Å². The van der Waals surface area contributed by atoms with Gasteiger partial charge in [-0.3, -0.25) is 0 Å². The summed E-state index contributed by atoms with van der Waals surface area (Å²) in [6.45, 7) is 4.39. The van der Waals surface area contributed by atoms with Crippen LogP contribution in [-0.2, 0) is 26.6 Å². The van der Waals surface area contributed by atoms with Crippen molar-refractivity contribution in [2.75, 3.05) is 13.1 Å². The molecular formula is C17H21ClN2O4S2. The molecule has 0 radical (unpaired) electrons. The van der Waals surface area contributed by atoms with Gasteiger partial charge in [-0.2, -0.15) is 4.31 Å². The van der Waals surface area contributed by atoms with Crippen molar-refractivity contribution in [3.05, 3.63) is 59.1 Å². The second-order valence-corrected chi connectivity index (χ2v) is 9.65. The predicted molar refractivity (Wildman–Crippen MR) is 102 cm³/mol. The molecule has 26 heavy (non-hydrogen) atoms. The van der Waals surface area contributed by atoms with Gasteiger partial charge >= 0.3 is 0 Å². The van der Waals surface area contributed by atoms with E-state index in [1.54, 1.807) is 26.0 Å². The Kier molecular flexibility index (Phi) is 6.81. The van der Waals surface area contributed by atoms with E-state index in [2.05, 4.69) is 4.72 Å². The molecular weight excluding hydrogens is 396 g/mol. The molecule has 2 aromatic carbocycles. The number of benzene rings is 2. The zero-order valence-corrected chi connectivity index (χ0v) is 16.9. The molecule has 1 N–H and O–H groups in total. The average molecular weight is 417 g/mol. The summed E-state index contributed by atoms with van der Waals surface area (Å²) < 4.78 is 53.2. The van der Waals surface area contributed by atoms with Crippen LogP contribution < -0.4 is 4.72 Å². The Morgan fingerprint density at radius 1 is 0.846 bits per heavy atom. The molecule has 6 nitrogen and oxygen atoms in total. The van der Waals surface area contributed by atoms with E-state index in [4.69, 9.17) is 11.6 Å². The van der Waals surface area contributed by atoms with Gasteiger partial charge in [-0.25, -0.2) is 21.6 Å². The first-order chi connectivity index (χ1) is 12.2. The number of hydrogen-bond donors (Lipinski definition) is 1. The number of nitrogens with one attached hydrogen (secondary N) is 1. The third kappa shape index (κ3) is 4.83. The number of sulfonamides is 2. The summed E-state index contributed by atoms with van der Waals surface area (Å²) in [5, 5.41) is 0.453. The smallest absolute Gasteiger partial charge is 0.207 e. The minimum absolute atomic E-state index is 0.0521. The molecule has 0 spiro atoms. The first-order valence-electron chi connectivity index (χ1n) is 8.05. The Morgan fingerprint density at radius 2 is 1.35 bits per heavy atom. The van der Waals surface area contributed by atoms with Crippen LogP contribution in [0, 0.1) is 0 Å². The van der Waals surface area contributed by atoms with E-state index in [9.17, 15) is 16.8 Å². The fraction of sp³-hybridized carbons (Fsp3) is 0.294. The van der Waals surface area contributed by atoms with E-state index in [1.807, 2.05) is 0 Å². The second kappa shape index (κ2) is 8.49. The second-order valence-electron chi connectivity index (χ2n) is 5.51. The molecule has 0 aliphatic heterocycles. The lowest BCUT2D eigenvalue weighted by atomic mass is 10.2. The monoisotopic (exact) mass is 416 g/mol. The van der Waals surface area contributed by atoms with Gasteiger partial charge in [-0.1, -0.05) is 37.6 Å². The van der Waals surface area contributed by atoms with Gasteiger partial charge in [0, 0.05) is 24.7 Å². The fourth-order valence-electron chi connectivity index (χ4n) is 2.37. The van der Waals surface area contributed by atoms with Crippen molar-refractivity contribution in [2.24, 2.45) is 0 Å². The molecule has 9 heteroatoms.